The van der Waals surface area contributed by atoms with E-state index < -0.39 is 0 Å². The van der Waals surface area contributed by atoms with Gasteiger partial charge in [0.05, 0.1) is 7.11 Å². The fraction of sp³-hybridized carbons (Fsp3) is 0.600. The second-order valence-corrected chi connectivity index (χ2v) is 5.13. The molecular weight excluding hydrogens is 256 g/mol. The second-order valence-electron chi connectivity index (χ2n) is 5.13. The Hall–Kier alpha value is -1.46. The van der Waals surface area contributed by atoms with Gasteiger partial charge in [0.15, 0.2) is 11.5 Å². The summed E-state index contributed by atoms with van der Waals surface area (Å²) in [4.78, 5) is 2.29. The van der Waals surface area contributed by atoms with Gasteiger partial charge in [0, 0.05) is 18.6 Å². The van der Waals surface area contributed by atoms with Crippen LogP contribution in [-0.2, 0) is 0 Å². The van der Waals surface area contributed by atoms with Crippen LogP contribution in [0, 0.1) is 0 Å². The Morgan fingerprint density at radius 1 is 1.40 bits per heavy atom. The van der Waals surface area contributed by atoms with Crippen LogP contribution in [0.4, 0.5) is 0 Å². The van der Waals surface area contributed by atoms with Crippen LogP contribution in [0.15, 0.2) is 12.1 Å². The van der Waals surface area contributed by atoms with Crippen LogP contribution in [0.1, 0.15) is 31.9 Å². The normalized spacial score (nSPS) is 16.3. The molecule has 2 rings (SSSR count). The maximum absolute atomic E-state index is 5.98. The number of likely N-dealkylation sites (N-methyl/N-ethyl adjacent to an activating group) is 1. The minimum atomic E-state index is 0.133. The van der Waals surface area contributed by atoms with Crippen molar-refractivity contribution in [1.82, 2.24) is 4.90 Å². The Morgan fingerprint density at radius 2 is 2.15 bits per heavy atom. The third-order valence-corrected chi connectivity index (χ3v) is 4.07. The lowest BCUT2D eigenvalue weighted by Gasteiger charge is -2.32. The quantitative estimate of drug-likeness (QED) is 0.865. The molecule has 0 fully saturated rings. The lowest BCUT2D eigenvalue weighted by Crippen LogP contribution is -2.36. The van der Waals surface area contributed by atoms with Crippen molar-refractivity contribution < 1.29 is 14.2 Å². The predicted octanol–water partition coefficient (Wildman–Crippen LogP) is 2.15. The standard InChI is InChI=1S/C15H24N2O3/c1-5-10(2)17(3)12(8-16)11-6-13(18-4)15-14(7-11)19-9-20-15/h6-7,10,12H,5,8-9,16H2,1-4H3. The summed E-state index contributed by atoms with van der Waals surface area (Å²) in [6, 6.07) is 4.58. The van der Waals surface area contributed by atoms with E-state index >= 15 is 0 Å². The van der Waals surface area contributed by atoms with Gasteiger partial charge in [-0.1, -0.05) is 6.92 Å². The topological polar surface area (TPSA) is 57.0 Å². The molecule has 1 aliphatic rings. The van der Waals surface area contributed by atoms with Crippen LogP contribution < -0.4 is 19.9 Å². The fourth-order valence-corrected chi connectivity index (χ4v) is 2.47. The predicted molar refractivity (Wildman–Crippen MR) is 78.4 cm³/mol. The van der Waals surface area contributed by atoms with Crippen LogP contribution in [0.25, 0.3) is 0 Å². The Kier molecular flexibility index (Phi) is 4.73. The summed E-state index contributed by atoms with van der Waals surface area (Å²) in [5.41, 5.74) is 7.07. The van der Waals surface area contributed by atoms with Crippen molar-refractivity contribution >= 4 is 0 Å². The van der Waals surface area contributed by atoms with Crippen molar-refractivity contribution in [2.75, 3.05) is 27.5 Å². The molecule has 5 heteroatoms. The first kappa shape index (κ1) is 14.9. The van der Waals surface area contributed by atoms with E-state index in [1.165, 1.54) is 0 Å². The first-order valence-corrected chi connectivity index (χ1v) is 7.01. The van der Waals surface area contributed by atoms with Gasteiger partial charge in [-0.05, 0) is 38.1 Å². The zero-order chi connectivity index (χ0) is 14.7. The number of hydrogen-bond donors (Lipinski definition) is 1. The van der Waals surface area contributed by atoms with E-state index in [0.717, 1.165) is 17.7 Å². The Bertz CT molecular complexity index is 465. The van der Waals surface area contributed by atoms with Gasteiger partial charge in [-0.3, -0.25) is 4.90 Å². The number of rotatable bonds is 6. The number of nitrogens with two attached hydrogens (primary N) is 1. The van der Waals surface area contributed by atoms with E-state index in [4.69, 9.17) is 19.9 Å². The highest BCUT2D eigenvalue weighted by Crippen LogP contribution is 2.43. The molecule has 0 saturated heterocycles. The van der Waals surface area contributed by atoms with Gasteiger partial charge in [-0.25, -0.2) is 0 Å². The summed E-state index contributed by atoms with van der Waals surface area (Å²) >= 11 is 0. The monoisotopic (exact) mass is 280 g/mol. The molecule has 2 atom stereocenters. The first-order valence-electron chi connectivity index (χ1n) is 7.01. The third kappa shape index (κ3) is 2.69. The molecule has 0 radical (unpaired) electrons. The van der Waals surface area contributed by atoms with E-state index in [-0.39, 0.29) is 12.8 Å². The largest absolute Gasteiger partial charge is 0.493 e. The third-order valence-electron chi connectivity index (χ3n) is 4.07. The van der Waals surface area contributed by atoms with Gasteiger partial charge in [0.2, 0.25) is 12.5 Å². The first-order chi connectivity index (χ1) is 9.62. The second kappa shape index (κ2) is 6.33. The molecule has 1 heterocycles. The fourth-order valence-electron chi connectivity index (χ4n) is 2.47. The van der Waals surface area contributed by atoms with E-state index in [2.05, 4.69) is 25.8 Å². The minimum Gasteiger partial charge on any atom is -0.493 e. The summed E-state index contributed by atoms with van der Waals surface area (Å²) in [6.45, 7) is 5.16. The highest BCUT2D eigenvalue weighted by molar-refractivity contribution is 5.55. The molecule has 0 aliphatic carbocycles. The zero-order valence-corrected chi connectivity index (χ0v) is 12.7. The van der Waals surface area contributed by atoms with Crippen molar-refractivity contribution in [3.8, 4) is 17.2 Å². The highest BCUT2D eigenvalue weighted by Gasteiger charge is 2.25. The zero-order valence-electron chi connectivity index (χ0n) is 12.7. The number of ether oxygens (including phenoxy) is 3. The number of methoxy groups -OCH3 is 1. The van der Waals surface area contributed by atoms with Gasteiger partial charge in [0.1, 0.15) is 0 Å². The van der Waals surface area contributed by atoms with E-state index in [1.807, 2.05) is 12.1 Å². The van der Waals surface area contributed by atoms with Crippen molar-refractivity contribution in [2.24, 2.45) is 5.73 Å². The molecule has 0 bridgehead atoms. The average Bonchev–Trinajstić information content (AvgIpc) is 2.94. The summed E-state index contributed by atoms with van der Waals surface area (Å²) in [5, 5.41) is 0. The van der Waals surface area contributed by atoms with Crippen LogP contribution in [-0.4, -0.2) is 38.4 Å². The minimum absolute atomic E-state index is 0.133. The molecule has 20 heavy (non-hydrogen) atoms. The Balaban J connectivity index is 2.35. The maximum Gasteiger partial charge on any atom is 0.231 e. The van der Waals surface area contributed by atoms with E-state index in [9.17, 15) is 0 Å². The molecule has 0 amide bonds. The van der Waals surface area contributed by atoms with Crippen LogP contribution in [0.5, 0.6) is 17.2 Å². The molecular formula is C15H24N2O3. The number of benzene rings is 1. The molecule has 2 N–H and O–H groups in total. The molecule has 0 saturated carbocycles. The molecule has 112 valence electrons. The van der Waals surface area contributed by atoms with Crippen LogP contribution >= 0.6 is 0 Å². The number of fused-ring (bicyclic) bond motifs is 1. The average molecular weight is 280 g/mol. The summed E-state index contributed by atoms with van der Waals surface area (Å²) in [6.07, 6.45) is 1.08. The molecule has 1 aromatic rings. The molecule has 1 aliphatic heterocycles. The van der Waals surface area contributed by atoms with Crippen LogP contribution in [0.3, 0.4) is 0 Å². The molecule has 5 nitrogen and oxygen atoms in total. The lowest BCUT2D eigenvalue weighted by atomic mass is 10.0. The van der Waals surface area contributed by atoms with Crippen molar-refractivity contribution in [3.63, 3.8) is 0 Å². The Morgan fingerprint density at radius 3 is 2.75 bits per heavy atom. The molecule has 0 aromatic heterocycles. The van der Waals surface area contributed by atoms with Crippen molar-refractivity contribution in [2.45, 2.75) is 32.4 Å². The number of hydrogen-bond acceptors (Lipinski definition) is 5. The van der Waals surface area contributed by atoms with Crippen LogP contribution in [0.2, 0.25) is 0 Å². The smallest absolute Gasteiger partial charge is 0.231 e. The Labute approximate surface area is 120 Å². The van der Waals surface area contributed by atoms with Crippen molar-refractivity contribution in [1.29, 1.82) is 0 Å². The summed E-state index contributed by atoms with van der Waals surface area (Å²) < 4.78 is 16.3. The lowest BCUT2D eigenvalue weighted by molar-refractivity contribution is 0.171. The van der Waals surface area contributed by atoms with Crippen molar-refractivity contribution in [3.05, 3.63) is 17.7 Å². The summed E-state index contributed by atoms with van der Waals surface area (Å²) in [7, 11) is 3.74. The highest BCUT2D eigenvalue weighted by atomic mass is 16.7. The molecule has 0 spiro atoms. The summed E-state index contributed by atoms with van der Waals surface area (Å²) in [5.74, 6) is 2.11. The van der Waals surface area contributed by atoms with Gasteiger partial charge < -0.3 is 19.9 Å². The van der Waals surface area contributed by atoms with E-state index in [0.29, 0.717) is 24.1 Å². The van der Waals surface area contributed by atoms with Gasteiger partial charge in [-0.2, -0.15) is 0 Å². The number of nitrogens with zero attached hydrogens (tertiary/aromatic N) is 1. The molecule has 2 unspecified atom stereocenters. The van der Waals surface area contributed by atoms with Gasteiger partial charge in [-0.15, -0.1) is 0 Å². The molecule has 1 aromatic carbocycles. The van der Waals surface area contributed by atoms with E-state index in [1.54, 1.807) is 7.11 Å². The SMILES string of the molecule is CCC(C)N(C)C(CN)c1cc(OC)c2c(c1)OCO2. The van der Waals surface area contributed by atoms with Gasteiger partial charge >= 0.3 is 0 Å². The maximum atomic E-state index is 5.98. The van der Waals surface area contributed by atoms with Gasteiger partial charge in [0.25, 0.3) is 0 Å².